The van der Waals surface area contributed by atoms with Gasteiger partial charge in [-0.05, 0) is 84.6 Å². The van der Waals surface area contributed by atoms with E-state index in [0.717, 1.165) is 4.90 Å². The number of fused-ring (bicyclic) bond motifs is 2. The van der Waals surface area contributed by atoms with Crippen molar-refractivity contribution in [2.45, 2.75) is 18.9 Å². The number of nitrogens with one attached hydrogen (secondary N) is 2. The van der Waals surface area contributed by atoms with Crippen LogP contribution in [0.1, 0.15) is 21.6 Å². The number of ether oxygens (including phenoxy) is 1. The number of halogens is 2. The van der Waals surface area contributed by atoms with Crippen molar-refractivity contribution in [1.29, 1.82) is 0 Å². The second kappa shape index (κ2) is 12.6. The second-order valence-corrected chi connectivity index (χ2v) is 11.0. The van der Waals surface area contributed by atoms with E-state index in [9.17, 15) is 23.2 Å². The minimum absolute atomic E-state index is 0.0638. The lowest BCUT2D eigenvalue weighted by atomic mass is 10.1. The van der Waals surface area contributed by atoms with E-state index in [0.29, 0.717) is 35.4 Å². The molecule has 0 spiro atoms. The summed E-state index contributed by atoms with van der Waals surface area (Å²) in [6, 6.07) is 26.1. The number of anilines is 1. The third-order valence-corrected chi connectivity index (χ3v) is 7.85. The number of benzene rings is 4. The monoisotopic (exact) mass is 608 g/mol. The highest BCUT2D eigenvalue weighted by molar-refractivity contribution is 6.03. The number of aromatic amines is 1. The molecule has 0 bridgehead atoms. The first kappa shape index (κ1) is 29.6. The average Bonchev–Trinajstić information content (AvgIpc) is 3.66. The van der Waals surface area contributed by atoms with Crippen molar-refractivity contribution in [3.63, 3.8) is 0 Å². The highest BCUT2D eigenvalue weighted by Crippen LogP contribution is 2.25. The fourth-order valence-electron chi connectivity index (χ4n) is 5.50. The Labute approximate surface area is 258 Å². The number of nitrogens with zero attached hydrogens (tertiary/aromatic N) is 2. The number of likely N-dealkylation sites (N-methyl/N-ethyl adjacent to an activating group) is 1. The molecule has 0 saturated heterocycles. The van der Waals surface area contributed by atoms with Gasteiger partial charge in [0.05, 0.1) is 5.52 Å². The predicted molar refractivity (Wildman–Crippen MR) is 166 cm³/mol. The summed E-state index contributed by atoms with van der Waals surface area (Å²) in [7, 11) is 1.56. The second-order valence-electron chi connectivity index (χ2n) is 11.0. The Morgan fingerprint density at radius 2 is 1.49 bits per heavy atom. The summed E-state index contributed by atoms with van der Waals surface area (Å²) in [5, 5.41) is 3.50. The Kier molecular flexibility index (Phi) is 8.28. The summed E-state index contributed by atoms with van der Waals surface area (Å²) in [5.74, 6) is -1.40. The van der Waals surface area contributed by atoms with Gasteiger partial charge in [0.2, 0.25) is 11.8 Å². The highest BCUT2D eigenvalue weighted by atomic mass is 19.1. The van der Waals surface area contributed by atoms with Crippen molar-refractivity contribution >= 4 is 34.3 Å². The molecule has 228 valence electrons. The molecule has 0 atom stereocenters. The van der Waals surface area contributed by atoms with Gasteiger partial charge in [0, 0.05) is 24.2 Å². The smallest absolute Gasteiger partial charge is 0.271 e. The minimum atomic E-state index is -0.611. The van der Waals surface area contributed by atoms with E-state index in [2.05, 4.69) is 10.3 Å². The van der Waals surface area contributed by atoms with Crippen LogP contribution in [0.3, 0.4) is 0 Å². The number of carbonyl (C=O) groups excluding carboxylic acids is 3. The molecular weight excluding hydrogens is 578 g/mol. The van der Waals surface area contributed by atoms with Crippen LogP contribution in [0.4, 0.5) is 14.5 Å². The lowest BCUT2D eigenvalue weighted by Crippen LogP contribution is -2.48. The van der Waals surface area contributed by atoms with Gasteiger partial charge >= 0.3 is 0 Å². The number of amides is 3. The third-order valence-electron chi connectivity index (χ3n) is 7.85. The number of hydrogen-bond donors (Lipinski definition) is 2. The lowest BCUT2D eigenvalue weighted by molar-refractivity contribution is -0.123. The van der Waals surface area contributed by atoms with Crippen LogP contribution in [0.25, 0.3) is 10.9 Å². The maximum atomic E-state index is 14.4. The molecule has 1 aliphatic carbocycles. The lowest BCUT2D eigenvalue weighted by Gasteiger charge is -2.25. The standard InChI is InChI=1S/C35H30F2N4O4/c1-40(27-11-15-29(16-12-27)45-28-13-9-25(36)10-14-28)33(43)21-41(35(44)31-19-24-7-4-8-30(37)34(24)39-31)20-32(42)38-26-17-22-5-2-3-6-23(22)18-26/h2-16,19,26,39H,17-18,20-21H2,1H3,(H,38,42). The van der Waals surface area contributed by atoms with E-state index in [1.807, 2.05) is 24.3 Å². The topological polar surface area (TPSA) is 94.7 Å². The molecule has 1 aromatic heterocycles. The summed E-state index contributed by atoms with van der Waals surface area (Å²) in [5.41, 5.74) is 3.09. The molecule has 0 fully saturated rings. The van der Waals surface area contributed by atoms with E-state index in [1.165, 1.54) is 52.4 Å². The molecule has 45 heavy (non-hydrogen) atoms. The molecule has 0 saturated carbocycles. The molecule has 3 amide bonds. The normalized spacial score (nSPS) is 12.5. The van der Waals surface area contributed by atoms with Gasteiger partial charge in [-0.25, -0.2) is 8.78 Å². The number of H-pyrrole nitrogens is 1. The fourth-order valence-corrected chi connectivity index (χ4v) is 5.50. The number of carbonyl (C=O) groups is 3. The Morgan fingerprint density at radius 3 is 2.13 bits per heavy atom. The summed E-state index contributed by atoms with van der Waals surface area (Å²) >= 11 is 0. The number of hydrogen-bond acceptors (Lipinski definition) is 4. The molecule has 2 N–H and O–H groups in total. The van der Waals surface area contributed by atoms with E-state index < -0.39 is 30.1 Å². The van der Waals surface area contributed by atoms with Crippen LogP contribution in [0.15, 0.2) is 97.1 Å². The fraction of sp³-hybridized carbons (Fsp3) is 0.171. The maximum Gasteiger partial charge on any atom is 0.271 e. The first-order chi connectivity index (χ1) is 21.7. The summed E-state index contributed by atoms with van der Waals surface area (Å²) in [4.78, 5) is 45.7. The Hall–Kier alpha value is -5.51. The molecular formula is C35H30F2N4O4. The number of rotatable bonds is 9. The molecule has 0 unspecified atom stereocenters. The highest BCUT2D eigenvalue weighted by Gasteiger charge is 2.28. The zero-order valence-electron chi connectivity index (χ0n) is 24.4. The maximum absolute atomic E-state index is 14.4. The van der Waals surface area contributed by atoms with Gasteiger partial charge in [0.1, 0.15) is 41.9 Å². The molecule has 1 aliphatic rings. The molecule has 1 heterocycles. The van der Waals surface area contributed by atoms with Crippen molar-refractivity contribution in [2.75, 3.05) is 25.0 Å². The average molecular weight is 609 g/mol. The van der Waals surface area contributed by atoms with Gasteiger partial charge in [-0.3, -0.25) is 14.4 Å². The van der Waals surface area contributed by atoms with Gasteiger partial charge < -0.3 is 24.8 Å². The zero-order chi connectivity index (χ0) is 31.5. The molecule has 0 radical (unpaired) electrons. The SMILES string of the molecule is CN(C(=O)CN(CC(=O)NC1Cc2ccccc2C1)C(=O)c1cc2cccc(F)c2[nH]1)c1ccc(Oc2ccc(F)cc2)cc1. The Morgan fingerprint density at radius 1 is 0.844 bits per heavy atom. The van der Waals surface area contributed by atoms with Gasteiger partial charge in [0.25, 0.3) is 5.91 Å². The molecule has 10 heteroatoms. The Balaban J connectivity index is 1.17. The first-order valence-corrected chi connectivity index (χ1v) is 14.5. The predicted octanol–water partition coefficient (Wildman–Crippen LogP) is 5.63. The quantitative estimate of drug-likeness (QED) is 0.227. The first-order valence-electron chi connectivity index (χ1n) is 14.5. The van der Waals surface area contributed by atoms with Gasteiger partial charge in [0.15, 0.2) is 0 Å². The third kappa shape index (κ3) is 6.70. The van der Waals surface area contributed by atoms with E-state index in [-0.39, 0.29) is 29.6 Å². The molecule has 8 nitrogen and oxygen atoms in total. The molecule has 0 aliphatic heterocycles. The summed E-state index contributed by atoms with van der Waals surface area (Å²) in [6.07, 6.45) is 1.36. The van der Waals surface area contributed by atoms with Crippen LogP contribution in [0.5, 0.6) is 11.5 Å². The van der Waals surface area contributed by atoms with Crippen LogP contribution >= 0.6 is 0 Å². The summed E-state index contributed by atoms with van der Waals surface area (Å²) < 4.78 is 33.3. The molecule has 5 aromatic rings. The van der Waals surface area contributed by atoms with E-state index in [4.69, 9.17) is 4.74 Å². The number of para-hydroxylation sites is 1. The van der Waals surface area contributed by atoms with Crippen LogP contribution in [-0.4, -0.2) is 53.8 Å². The molecule has 6 rings (SSSR count). The Bertz CT molecular complexity index is 1850. The van der Waals surface area contributed by atoms with Crippen LogP contribution < -0.4 is 15.0 Å². The van der Waals surface area contributed by atoms with Crippen molar-refractivity contribution < 1.29 is 27.9 Å². The van der Waals surface area contributed by atoms with Crippen LogP contribution in [0.2, 0.25) is 0 Å². The zero-order valence-corrected chi connectivity index (χ0v) is 24.4. The van der Waals surface area contributed by atoms with Crippen molar-refractivity contribution in [1.82, 2.24) is 15.2 Å². The van der Waals surface area contributed by atoms with Crippen molar-refractivity contribution in [3.8, 4) is 11.5 Å². The number of aromatic nitrogens is 1. The van der Waals surface area contributed by atoms with Crippen molar-refractivity contribution in [3.05, 3.63) is 126 Å². The van der Waals surface area contributed by atoms with Crippen LogP contribution in [0, 0.1) is 11.6 Å². The van der Waals surface area contributed by atoms with Gasteiger partial charge in [-0.1, -0.05) is 36.4 Å². The minimum Gasteiger partial charge on any atom is -0.457 e. The van der Waals surface area contributed by atoms with Gasteiger partial charge in [-0.2, -0.15) is 0 Å². The van der Waals surface area contributed by atoms with E-state index >= 15 is 0 Å². The largest absolute Gasteiger partial charge is 0.457 e. The van der Waals surface area contributed by atoms with Crippen molar-refractivity contribution in [2.24, 2.45) is 0 Å². The summed E-state index contributed by atoms with van der Waals surface area (Å²) in [6.45, 7) is -0.771. The molecule has 4 aromatic carbocycles. The van der Waals surface area contributed by atoms with Gasteiger partial charge in [-0.15, -0.1) is 0 Å². The van der Waals surface area contributed by atoms with Crippen LogP contribution in [-0.2, 0) is 22.4 Å². The van der Waals surface area contributed by atoms with E-state index in [1.54, 1.807) is 43.4 Å².